The van der Waals surface area contributed by atoms with Crippen molar-refractivity contribution in [2.24, 2.45) is 0 Å². The Morgan fingerprint density at radius 3 is 2.71 bits per heavy atom. The minimum atomic E-state index is -0.412. The van der Waals surface area contributed by atoms with Crippen molar-refractivity contribution in [3.8, 4) is 5.75 Å². The molecule has 0 saturated carbocycles. The Kier molecular flexibility index (Phi) is 5.06. The molecule has 6 nitrogen and oxygen atoms in total. The Bertz CT molecular complexity index is 971. The number of nitrogens with zero attached hydrogens (tertiary/aromatic N) is 3. The molecule has 0 radical (unpaired) electrons. The largest absolute Gasteiger partial charge is 0.497 e. The summed E-state index contributed by atoms with van der Waals surface area (Å²) < 4.78 is 24.5. The third-order valence-corrected chi connectivity index (χ3v) is 4.90. The number of benzene rings is 2. The second-order valence-corrected chi connectivity index (χ2v) is 6.75. The molecular formula is C21H20FN3O3. The molecule has 3 aromatic rings. The van der Waals surface area contributed by atoms with Crippen LogP contribution in [0.25, 0.3) is 0 Å². The summed E-state index contributed by atoms with van der Waals surface area (Å²) in [5.74, 6) is 1.09. The van der Waals surface area contributed by atoms with Crippen molar-refractivity contribution in [2.45, 2.75) is 25.2 Å². The highest BCUT2D eigenvalue weighted by molar-refractivity contribution is 5.96. The Morgan fingerprint density at radius 2 is 1.96 bits per heavy atom. The van der Waals surface area contributed by atoms with Crippen LogP contribution in [0.1, 0.15) is 29.6 Å². The maximum Gasteiger partial charge on any atom is 0.227 e. The van der Waals surface area contributed by atoms with Crippen LogP contribution in [-0.2, 0) is 17.6 Å². The van der Waals surface area contributed by atoms with E-state index in [1.54, 1.807) is 25.3 Å². The molecule has 1 unspecified atom stereocenters. The van der Waals surface area contributed by atoms with Gasteiger partial charge in [0.1, 0.15) is 11.6 Å². The smallest absolute Gasteiger partial charge is 0.227 e. The molecule has 2 heterocycles. The van der Waals surface area contributed by atoms with Crippen LogP contribution in [0.2, 0.25) is 0 Å². The van der Waals surface area contributed by atoms with Gasteiger partial charge in [-0.1, -0.05) is 29.4 Å². The second kappa shape index (κ2) is 7.80. The second-order valence-electron chi connectivity index (χ2n) is 6.75. The number of ether oxygens (including phenoxy) is 1. The molecule has 7 heteroatoms. The van der Waals surface area contributed by atoms with Crippen LogP contribution in [0.15, 0.2) is 53.1 Å². The molecule has 0 N–H and O–H groups in total. The fourth-order valence-electron chi connectivity index (χ4n) is 3.36. The number of carbonyl (C=O) groups is 1. The number of hydrogen-bond acceptors (Lipinski definition) is 5. The number of methoxy groups -OCH3 is 1. The van der Waals surface area contributed by atoms with E-state index in [1.165, 1.54) is 11.0 Å². The zero-order chi connectivity index (χ0) is 19.5. The molecule has 0 bridgehead atoms. The molecule has 2 aromatic carbocycles. The van der Waals surface area contributed by atoms with Gasteiger partial charge in [0.25, 0.3) is 0 Å². The zero-order valence-electron chi connectivity index (χ0n) is 15.5. The first kappa shape index (κ1) is 18.2. The average Bonchev–Trinajstić information content (AvgIpc) is 3.34. The fourth-order valence-corrected chi connectivity index (χ4v) is 3.36. The summed E-state index contributed by atoms with van der Waals surface area (Å²) in [4.78, 5) is 18.2. The standard InChI is InChI=1S/C21H20FN3O3/c1-27-16-9-6-14(7-10-16)8-11-19-23-21(24-28-19)15-12-20(26)25(13-15)18-5-3-2-4-17(18)22/h2-7,9-10,15H,8,11-13H2,1H3. The lowest BCUT2D eigenvalue weighted by molar-refractivity contribution is -0.117. The molecule has 0 spiro atoms. The van der Waals surface area contributed by atoms with E-state index in [2.05, 4.69) is 10.1 Å². The highest BCUT2D eigenvalue weighted by Gasteiger charge is 2.35. The van der Waals surface area contributed by atoms with Crippen molar-refractivity contribution in [3.05, 3.63) is 71.6 Å². The van der Waals surface area contributed by atoms with Crippen LogP contribution in [-0.4, -0.2) is 29.7 Å². The third-order valence-electron chi connectivity index (χ3n) is 4.90. The van der Waals surface area contributed by atoms with Gasteiger partial charge in [0.05, 0.1) is 12.8 Å². The van der Waals surface area contributed by atoms with E-state index in [9.17, 15) is 9.18 Å². The normalized spacial score (nSPS) is 16.6. The number of halogens is 1. The van der Waals surface area contributed by atoms with Crippen molar-refractivity contribution < 1.29 is 18.4 Å². The van der Waals surface area contributed by atoms with Crippen LogP contribution in [0.5, 0.6) is 5.75 Å². The predicted octanol–water partition coefficient (Wildman–Crippen LogP) is 3.52. The van der Waals surface area contributed by atoms with Crippen LogP contribution in [0.3, 0.4) is 0 Å². The van der Waals surface area contributed by atoms with E-state index in [0.29, 0.717) is 30.4 Å². The maximum absolute atomic E-state index is 14.0. The first-order chi connectivity index (χ1) is 13.6. The van der Waals surface area contributed by atoms with Crippen LogP contribution in [0, 0.1) is 5.82 Å². The van der Waals surface area contributed by atoms with Crippen LogP contribution < -0.4 is 9.64 Å². The van der Waals surface area contributed by atoms with E-state index in [4.69, 9.17) is 9.26 Å². The molecule has 1 saturated heterocycles. The Balaban J connectivity index is 1.40. The number of amides is 1. The molecule has 0 aliphatic carbocycles. The van der Waals surface area contributed by atoms with Gasteiger partial charge in [-0.3, -0.25) is 4.79 Å². The van der Waals surface area contributed by atoms with Crippen molar-refractivity contribution in [1.82, 2.24) is 10.1 Å². The molecule has 4 rings (SSSR count). The Morgan fingerprint density at radius 1 is 1.18 bits per heavy atom. The van der Waals surface area contributed by atoms with Gasteiger partial charge in [0, 0.05) is 25.3 Å². The molecule has 28 heavy (non-hydrogen) atoms. The van der Waals surface area contributed by atoms with Gasteiger partial charge in [-0.25, -0.2) is 4.39 Å². The lowest BCUT2D eigenvalue weighted by Crippen LogP contribution is -2.25. The molecule has 1 aliphatic rings. The number of rotatable bonds is 6. The summed E-state index contributed by atoms with van der Waals surface area (Å²) in [6.07, 6.45) is 1.61. The number of aromatic nitrogens is 2. The molecule has 1 aromatic heterocycles. The third kappa shape index (κ3) is 3.74. The van der Waals surface area contributed by atoms with Crippen molar-refractivity contribution in [2.75, 3.05) is 18.6 Å². The number of anilines is 1. The van der Waals surface area contributed by atoms with Gasteiger partial charge >= 0.3 is 0 Å². The summed E-state index contributed by atoms with van der Waals surface area (Å²) in [7, 11) is 1.63. The average molecular weight is 381 g/mol. The summed E-state index contributed by atoms with van der Waals surface area (Å²) in [6, 6.07) is 14.1. The number of carbonyl (C=O) groups excluding carboxylic acids is 1. The van der Waals surface area contributed by atoms with Gasteiger partial charge in [-0.05, 0) is 36.2 Å². The molecule has 1 amide bonds. The van der Waals surface area contributed by atoms with Gasteiger partial charge < -0.3 is 14.2 Å². The number of para-hydroxylation sites is 1. The predicted molar refractivity (Wildman–Crippen MR) is 101 cm³/mol. The first-order valence-corrected chi connectivity index (χ1v) is 9.14. The van der Waals surface area contributed by atoms with Gasteiger partial charge in [0.15, 0.2) is 5.82 Å². The molecule has 144 valence electrons. The van der Waals surface area contributed by atoms with Crippen molar-refractivity contribution >= 4 is 11.6 Å². The van der Waals surface area contributed by atoms with Gasteiger partial charge in [-0.15, -0.1) is 0 Å². The molecule has 1 fully saturated rings. The maximum atomic E-state index is 14.0. The van der Waals surface area contributed by atoms with Gasteiger partial charge in [-0.2, -0.15) is 4.98 Å². The van der Waals surface area contributed by atoms with E-state index < -0.39 is 5.82 Å². The Labute approximate surface area is 161 Å². The summed E-state index contributed by atoms with van der Waals surface area (Å²) >= 11 is 0. The Hall–Kier alpha value is -3.22. The fraction of sp³-hybridized carbons (Fsp3) is 0.286. The van der Waals surface area contributed by atoms with E-state index in [1.807, 2.05) is 24.3 Å². The van der Waals surface area contributed by atoms with Crippen molar-refractivity contribution in [3.63, 3.8) is 0 Å². The summed E-state index contributed by atoms with van der Waals surface area (Å²) in [6.45, 7) is 0.344. The lowest BCUT2D eigenvalue weighted by atomic mass is 10.1. The first-order valence-electron chi connectivity index (χ1n) is 9.14. The summed E-state index contributed by atoms with van der Waals surface area (Å²) in [5, 5.41) is 4.04. The number of aryl methyl sites for hydroxylation is 2. The highest BCUT2D eigenvalue weighted by atomic mass is 19.1. The molecule has 1 atom stereocenters. The van der Waals surface area contributed by atoms with Crippen LogP contribution in [0.4, 0.5) is 10.1 Å². The van der Waals surface area contributed by atoms with E-state index in [-0.39, 0.29) is 18.2 Å². The monoisotopic (exact) mass is 381 g/mol. The SMILES string of the molecule is COc1ccc(CCc2nc(C3CC(=O)N(c4ccccc4F)C3)no2)cc1. The van der Waals surface area contributed by atoms with Crippen molar-refractivity contribution in [1.29, 1.82) is 0 Å². The van der Waals surface area contributed by atoms with Crippen LogP contribution >= 0.6 is 0 Å². The molecule has 1 aliphatic heterocycles. The highest BCUT2D eigenvalue weighted by Crippen LogP contribution is 2.31. The lowest BCUT2D eigenvalue weighted by Gasteiger charge is -2.16. The molecular weight excluding hydrogens is 361 g/mol. The number of hydrogen-bond donors (Lipinski definition) is 0. The summed E-state index contributed by atoms with van der Waals surface area (Å²) in [5.41, 5.74) is 1.43. The van der Waals surface area contributed by atoms with E-state index in [0.717, 1.165) is 17.7 Å². The minimum absolute atomic E-state index is 0.139. The van der Waals surface area contributed by atoms with E-state index >= 15 is 0 Å². The topological polar surface area (TPSA) is 68.5 Å². The quantitative estimate of drug-likeness (QED) is 0.653. The van der Waals surface area contributed by atoms with Gasteiger partial charge in [0.2, 0.25) is 11.8 Å². The zero-order valence-corrected chi connectivity index (χ0v) is 15.5. The minimum Gasteiger partial charge on any atom is -0.497 e.